The average molecular weight is 356 g/mol. The zero-order valence-corrected chi connectivity index (χ0v) is 12.9. The molecule has 0 atom stereocenters. The molecule has 0 fully saturated rings. The predicted molar refractivity (Wildman–Crippen MR) is 80.9 cm³/mol. The van der Waals surface area contributed by atoms with Crippen LogP contribution in [0.25, 0.3) is 0 Å². The van der Waals surface area contributed by atoms with Crippen LogP contribution in [-0.4, -0.2) is 12.6 Å². The highest BCUT2D eigenvalue weighted by atomic mass is 79.9. The van der Waals surface area contributed by atoms with Gasteiger partial charge in [-0.05, 0) is 39.7 Å². The van der Waals surface area contributed by atoms with Crippen molar-refractivity contribution in [2.75, 3.05) is 6.61 Å². The second-order valence-corrected chi connectivity index (χ2v) is 5.32. The van der Waals surface area contributed by atoms with Crippen molar-refractivity contribution in [1.82, 2.24) is 0 Å². The highest BCUT2D eigenvalue weighted by molar-refractivity contribution is 9.10. The maximum absolute atomic E-state index is 11.6. The third kappa shape index (κ3) is 4.63. The second-order valence-electron chi connectivity index (χ2n) is 4.03. The molecule has 0 aliphatic rings. The molecule has 104 valence electrons. The summed E-state index contributed by atoms with van der Waals surface area (Å²) in [6.45, 7) is 0.266. The van der Waals surface area contributed by atoms with Crippen molar-refractivity contribution in [2.45, 2.75) is 6.61 Å². The number of halogens is 2. The number of carbonyl (C=O) groups excluding carboxylic acids is 1. The van der Waals surface area contributed by atoms with Gasteiger partial charge in [-0.1, -0.05) is 41.9 Å². The number of carbonyl (C=O) groups is 1. The fraction of sp³-hybridized carbons (Fsp3) is 0.133. The normalized spacial score (nSPS) is 10.3. The first-order chi connectivity index (χ1) is 9.65. The van der Waals surface area contributed by atoms with Crippen molar-refractivity contribution in [3.05, 3.63) is 63.6 Å². The summed E-state index contributed by atoms with van der Waals surface area (Å²) in [7, 11) is 0. The Morgan fingerprint density at radius 1 is 1.15 bits per heavy atom. The molecule has 2 rings (SSSR count). The molecule has 0 aromatic heterocycles. The molecule has 0 aliphatic heterocycles. The summed E-state index contributed by atoms with van der Waals surface area (Å²) in [5, 5.41) is 0.567. The summed E-state index contributed by atoms with van der Waals surface area (Å²) in [6.07, 6.45) is 0. The number of esters is 1. The maximum atomic E-state index is 11.6. The number of hydrogen-bond acceptors (Lipinski definition) is 3. The van der Waals surface area contributed by atoms with Crippen molar-refractivity contribution in [3.8, 4) is 5.75 Å². The lowest BCUT2D eigenvalue weighted by Gasteiger charge is -2.07. The largest absolute Gasteiger partial charge is 0.424 e. The minimum atomic E-state index is -0.455. The van der Waals surface area contributed by atoms with E-state index < -0.39 is 5.97 Å². The summed E-state index contributed by atoms with van der Waals surface area (Å²) in [6, 6.07) is 14.6. The summed E-state index contributed by atoms with van der Waals surface area (Å²) >= 11 is 9.09. The second kappa shape index (κ2) is 7.43. The highest BCUT2D eigenvalue weighted by Crippen LogP contribution is 2.28. The van der Waals surface area contributed by atoms with Gasteiger partial charge in [0.1, 0.15) is 12.4 Å². The van der Waals surface area contributed by atoms with E-state index in [1.54, 1.807) is 18.2 Å². The van der Waals surface area contributed by atoms with E-state index in [0.717, 1.165) is 5.56 Å². The fourth-order valence-electron chi connectivity index (χ4n) is 1.54. The lowest BCUT2D eigenvalue weighted by Crippen LogP contribution is -2.15. The van der Waals surface area contributed by atoms with Crippen LogP contribution in [0.3, 0.4) is 0 Å². The smallest absolute Gasteiger partial charge is 0.337 e. The third-order valence-electron chi connectivity index (χ3n) is 2.45. The van der Waals surface area contributed by atoms with Crippen LogP contribution in [0.2, 0.25) is 5.02 Å². The third-order valence-corrected chi connectivity index (χ3v) is 3.30. The van der Waals surface area contributed by atoms with E-state index in [9.17, 15) is 4.79 Å². The molecule has 0 unspecified atom stereocenters. The van der Waals surface area contributed by atoms with Crippen molar-refractivity contribution < 1.29 is 14.3 Å². The Hall–Kier alpha value is -1.36. The van der Waals surface area contributed by atoms with E-state index in [-0.39, 0.29) is 6.61 Å². The zero-order valence-electron chi connectivity index (χ0n) is 10.5. The Morgan fingerprint density at radius 2 is 1.90 bits per heavy atom. The Kier molecular flexibility index (Phi) is 5.59. The molecule has 0 saturated carbocycles. The maximum Gasteiger partial charge on any atom is 0.337 e. The summed E-state index contributed by atoms with van der Waals surface area (Å²) in [5.41, 5.74) is 1.01. The molecule has 0 N–H and O–H groups in total. The van der Waals surface area contributed by atoms with Crippen LogP contribution in [0.15, 0.2) is 53.0 Å². The molecule has 5 heteroatoms. The molecule has 0 heterocycles. The molecule has 2 aromatic carbocycles. The van der Waals surface area contributed by atoms with Gasteiger partial charge in [0.15, 0.2) is 0 Å². The molecule has 0 amide bonds. The van der Waals surface area contributed by atoms with E-state index in [4.69, 9.17) is 21.1 Å². The van der Waals surface area contributed by atoms with Crippen LogP contribution < -0.4 is 4.74 Å². The van der Waals surface area contributed by atoms with Gasteiger partial charge in [0, 0.05) is 5.02 Å². The first kappa shape index (κ1) is 15.0. The van der Waals surface area contributed by atoms with Crippen LogP contribution in [-0.2, 0) is 16.1 Å². The molecule has 3 nitrogen and oxygen atoms in total. The number of hydrogen-bond donors (Lipinski definition) is 0. The number of benzene rings is 2. The SMILES string of the molecule is O=C(COCc1ccccc1)Oc1ccc(Cl)cc1Br. The topological polar surface area (TPSA) is 35.5 Å². The average Bonchev–Trinajstić information content (AvgIpc) is 2.43. The standard InChI is InChI=1S/C15H12BrClO3/c16-13-8-12(17)6-7-14(13)20-15(18)10-19-9-11-4-2-1-3-5-11/h1-8H,9-10H2. The lowest BCUT2D eigenvalue weighted by atomic mass is 10.2. The molecule has 0 spiro atoms. The Bertz CT molecular complexity index is 587. The van der Waals surface area contributed by atoms with Crippen molar-refractivity contribution >= 4 is 33.5 Å². The van der Waals surface area contributed by atoms with Crippen LogP contribution in [0.4, 0.5) is 0 Å². The van der Waals surface area contributed by atoms with Gasteiger partial charge >= 0.3 is 5.97 Å². The summed E-state index contributed by atoms with van der Waals surface area (Å²) in [5.74, 6) is -0.0355. The Labute approximate surface area is 130 Å². The summed E-state index contributed by atoms with van der Waals surface area (Å²) < 4.78 is 11.1. The van der Waals surface area contributed by atoms with Gasteiger partial charge in [0.05, 0.1) is 11.1 Å². The molecule has 0 aliphatic carbocycles. The first-order valence-corrected chi connectivity index (χ1v) is 7.09. The predicted octanol–water partition coefficient (Wildman–Crippen LogP) is 4.22. The molecule has 20 heavy (non-hydrogen) atoms. The van der Waals surface area contributed by atoms with Crippen molar-refractivity contribution in [1.29, 1.82) is 0 Å². The highest BCUT2D eigenvalue weighted by Gasteiger charge is 2.08. The quantitative estimate of drug-likeness (QED) is 0.595. The number of ether oxygens (including phenoxy) is 2. The Morgan fingerprint density at radius 3 is 2.60 bits per heavy atom. The zero-order chi connectivity index (χ0) is 14.4. The van der Waals surface area contributed by atoms with E-state index in [0.29, 0.717) is 21.9 Å². The van der Waals surface area contributed by atoms with Crippen LogP contribution in [0, 0.1) is 0 Å². The van der Waals surface area contributed by atoms with Gasteiger partial charge in [0.2, 0.25) is 0 Å². The molecule has 0 saturated heterocycles. The van der Waals surface area contributed by atoms with E-state index >= 15 is 0 Å². The van der Waals surface area contributed by atoms with Crippen molar-refractivity contribution in [2.24, 2.45) is 0 Å². The molecule has 2 aromatic rings. The molecular formula is C15H12BrClO3. The van der Waals surface area contributed by atoms with Gasteiger partial charge in [-0.2, -0.15) is 0 Å². The van der Waals surface area contributed by atoms with E-state index in [2.05, 4.69) is 15.9 Å². The van der Waals surface area contributed by atoms with E-state index in [1.807, 2.05) is 30.3 Å². The minimum absolute atomic E-state index is 0.107. The first-order valence-electron chi connectivity index (χ1n) is 5.92. The number of rotatable bonds is 5. The van der Waals surface area contributed by atoms with Crippen LogP contribution in [0.1, 0.15) is 5.56 Å². The molecule has 0 radical (unpaired) electrons. The minimum Gasteiger partial charge on any atom is -0.424 e. The van der Waals surface area contributed by atoms with Crippen molar-refractivity contribution in [3.63, 3.8) is 0 Å². The van der Waals surface area contributed by atoms with E-state index in [1.165, 1.54) is 0 Å². The lowest BCUT2D eigenvalue weighted by molar-refractivity contribution is -0.139. The van der Waals surface area contributed by atoms with Gasteiger partial charge in [-0.3, -0.25) is 0 Å². The van der Waals surface area contributed by atoms with Crippen LogP contribution in [0.5, 0.6) is 5.75 Å². The Balaban J connectivity index is 1.81. The molecular weight excluding hydrogens is 344 g/mol. The molecule has 0 bridgehead atoms. The van der Waals surface area contributed by atoms with Crippen LogP contribution >= 0.6 is 27.5 Å². The van der Waals surface area contributed by atoms with Gasteiger partial charge in [-0.15, -0.1) is 0 Å². The summed E-state index contributed by atoms with van der Waals surface area (Å²) in [4.78, 5) is 11.6. The monoisotopic (exact) mass is 354 g/mol. The van der Waals surface area contributed by atoms with Gasteiger partial charge in [-0.25, -0.2) is 4.79 Å². The van der Waals surface area contributed by atoms with Gasteiger partial charge in [0.25, 0.3) is 0 Å². The fourth-order valence-corrected chi connectivity index (χ4v) is 2.30. The van der Waals surface area contributed by atoms with Gasteiger partial charge < -0.3 is 9.47 Å².